The number of benzene rings is 4. The molecule has 1 atom stereocenters. The van der Waals surface area contributed by atoms with E-state index in [9.17, 15) is 29.7 Å². The zero-order chi connectivity index (χ0) is 27.9. The number of phenols is 3. The number of rotatable bonds is 5. The lowest BCUT2D eigenvalue weighted by molar-refractivity contribution is 0.0695. The van der Waals surface area contributed by atoms with Crippen molar-refractivity contribution >= 4 is 23.6 Å². The van der Waals surface area contributed by atoms with Crippen molar-refractivity contribution in [3.8, 4) is 23.0 Å². The van der Waals surface area contributed by atoms with Gasteiger partial charge in [0, 0.05) is 17.7 Å². The van der Waals surface area contributed by atoms with Gasteiger partial charge in [-0.2, -0.15) is 0 Å². The summed E-state index contributed by atoms with van der Waals surface area (Å²) >= 11 is 0. The van der Waals surface area contributed by atoms with Gasteiger partial charge in [-0.15, -0.1) is 0 Å². The second-order valence-electron chi connectivity index (χ2n) is 8.62. The Balaban J connectivity index is 0.000000181. The maximum Gasteiger partial charge on any atom is 0.336 e. The number of Topliss-reactive ketones (excluding diaryl/α,β-unsaturated/α-hetero) is 1. The number of ether oxygens (including phenoxy) is 1. The highest BCUT2D eigenvalue weighted by Gasteiger charge is 2.30. The SMILES string of the molecule is O=C(/C=C/c1ccccc1C(=O)O)c1ccccc1.O=C1C[C@@H](c2ccc(O)cc2)Oc2cc(O)cc(O)c21. The highest BCUT2D eigenvalue weighted by atomic mass is 16.5. The van der Waals surface area contributed by atoms with Gasteiger partial charge in [0.1, 0.15) is 34.7 Å². The Labute approximate surface area is 223 Å². The predicted molar refractivity (Wildman–Crippen MR) is 143 cm³/mol. The first-order valence-corrected chi connectivity index (χ1v) is 11.9. The molecule has 0 aliphatic carbocycles. The van der Waals surface area contributed by atoms with Gasteiger partial charge in [-0.05, 0) is 35.4 Å². The van der Waals surface area contributed by atoms with Crippen LogP contribution in [0.25, 0.3) is 6.08 Å². The zero-order valence-electron chi connectivity index (χ0n) is 20.5. The van der Waals surface area contributed by atoms with Crippen LogP contribution in [0, 0.1) is 0 Å². The van der Waals surface area contributed by atoms with Gasteiger partial charge in [0.2, 0.25) is 0 Å². The van der Waals surface area contributed by atoms with E-state index in [4.69, 9.17) is 9.84 Å². The molecule has 0 bridgehead atoms. The molecule has 4 N–H and O–H groups in total. The van der Waals surface area contributed by atoms with E-state index in [1.165, 1.54) is 36.4 Å². The highest BCUT2D eigenvalue weighted by Crippen LogP contribution is 2.41. The van der Waals surface area contributed by atoms with Gasteiger partial charge in [-0.1, -0.05) is 66.7 Å². The Morgan fingerprint density at radius 3 is 2.18 bits per heavy atom. The van der Waals surface area contributed by atoms with Crippen LogP contribution < -0.4 is 4.74 Å². The molecular formula is C31H24O8. The molecule has 4 aromatic rings. The lowest BCUT2D eigenvalue weighted by Crippen LogP contribution is -2.20. The van der Waals surface area contributed by atoms with E-state index in [2.05, 4.69) is 0 Å². The molecule has 1 aliphatic rings. The summed E-state index contributed by atoms with van der Waals surface area (Å²) in [6.45, 7) is 0. The Kier molecular flexibility index (Phi) is 8.06. The Morgan fingerprint density at radius 1 is 0.821 bits per heavy atom. The van der Waals surface area contributed by atoms with Crippen LogP contribution in [0.15, 0.2) is 97.1 Å². The van der Waals surface area contributed by atoms with Crippen LogP contribution in [0.1, 0.15) is 54.7 Å². The van der Waals surface area contributed by atoms with Crippen LogP contribution in [0.3, 0.4) is 0 Å². The summed E-state index contributed by atoms with van der Waals surface area (Å²) in [7, 11) is 0. The average molecular weight is 525 g/mol. The van der Waals surface area contributed by atoms with E-state index in [-0.39, 0.29) is 52.1 Å². The minimum Gasteiger partial charge on any atom is -0.508 e. The minimum atomic E-state index is -1.01. The Hall–Kier alpha value is -5.37. The molecule has 0 amide bonds. The zero-order valence-corrected chi connectivity index (χ0v) is 20.5. The normalized spacial score (nSPS) is 14.1. The van der Waals surface area contributed by atoms with Gasteiger partial charge in [-0.25, -0.2) is 4.79 Å². The van der Waals surface area contributed by atoms with E-state index in [1.54, 1.807) is 54.6 Å². The fourth-order valence-corrected chi connectivity index (χ4v) is 4.00. The first kappa shape index (κ1) is 26.7. The van der Waals surface area contributed by atoms with Gasteiger partial charge < -0.3 is 25.2 Å². The third kappa shape index (κ3) is 6.50. The number of carbonyl (C=O) groups is 3. The van der Waals surface area contributed by atoms with Crippen molar-refractivity contribution in [3.05, 3.63) is 125 Å². The van der Waals surface area contributed by atoms with Crippen molar-refractivity contribution < 1.29 is 39.5 Å². The molecule has 0 saturated carbocycles. The first-order chi connectivity index (χ1) is 18.7. The lowest BCUT2D eigenvalue weighted by atomic mass is 9.95. The van der Waals surface area contributed by atoms with Crippen LogP contribution in [0.5, 0.6) is 23.0 Å². The summed E-state index contributed by atoms with van der Waals surface area (Å²) in [5.74, 6) is -1.56. The number of fused-ring (bicyclic) bond motifs is 1. The number of carboxylic acids is 1. The number of carboxylic acid groups (broad SMARTS) is 1. The Morgan fingerprint density at radius 2 is 1.49 bits per heavy atom. The molecular weight excluding hydrogens is 500 g/mol. The number of aromatic hydroxyl groups is 3. The van der Waals surface area contributed by atoms with Gasteiger partial charge in [0.05, 0.1) is 12.0 Å². The van der Waals surface area contributed by atoms with E-state index < -0.39 is 12.1 Å². The van der Waals surface area contributed by atoms with Gasteiger partial charge in [-0.3, -0.25) is 9.59 Å². The molecule has 1 heterocycles. The quantitative estimate of drug-likeness (QED) is 0.190. The predicted octanol–water partition coefficient (Wildman–Crippen LogP) is 5.79. The number of allylic oxidation sites excluding steroid dienone is 1. The molecule has 4 aromatic carbocycles. The van der Waals surface area contributed by atoms with Crippen molar-refractivity contribution in [2.75, 3.05) is 0 Å². The monoisotopic (exact) mass is 524 g/mol. The summed E-state index contributed by atoms with van der Waals surface area (Å²) in [6, 6.07) is 24.2. The van der Waals surface area contributed by atoms with Crippen molar-refractivity contribution in [2.45, 2.75) is 12.5 Å². The molecule has 0 saturated heterocycles. The van der Waals surface area contributed by atoms with Gasteiger partial charge in [0.15, 0.2) is 11.6 Å². The molecule has 0 unspecified atom stereocenters. The third-order valence-electron chi connectivity index (χ3n) is 5.91. The van der Waals surface area contributed by atoms with Crippen molar-refractivity contribution in [2.24, 2.45) is 0 Å². The molecule has 0 aromatic heterocycles. The maximum absolute atomic E-state index is 12.1. The molecule has 8 nitrogen and oxygen atoms in total. The smallest absolute Gasteiger partial charge is 0.336 e. The summed E-state index contributed by atoms with van der Waals surface area (Å²) in [5, 5.41) is 37.5. The molecule has 5 rings (SSSR count). The Bertz CT molecular complexity index is 1540. The third-order valence-corrected chi connectivity index (χ3v) is 5.91. The van der Waals surface area contributed by atoms with Crippen molar-refractivity contribution in [3.63, 3.8) is 0 Å². The van der Waals surface area contributed by atoms with Crippen LogP contribution in [0.4, 0.5) is 0 Å². The first-order valence-electron chi connectivity index (χ1n) is 11.9. The molecule has 1 aliphatic heterocycles. The second-order valence-corrected chi connectivity index (χ2v) is 8.62. The maximum atomic E-state index is 12.1. The largest absolute Gasteiger partial charge is 0.508 e. The standard InChI is InChI=1S/C16H12O3.C15H12O5/c17-15(13-7-2-1-3-8-13)11-10-12-6-4-5-9-14(12)16(18)19;16-9-3-1-8(2-4-9)13-7-12(19)15-11(18)5-10(17)6-14(15)20-13/h1-11H,(H,18,19);1-6,13,16-18H,7H2/b11-10+;/t;13-/m.0/s1. The summed E-state index contributed by atoms with van der Waals surface area (Å²) in [4.78, 5) is 35.0. The second kappa shape index (κ2) is 11.8. The average Bonchev–Trinajstić information content (AvgIpc) is 2.92. The number of hydrogen-bond acceptors (Lipinski definition) is 7. The van der Waals surface area contributed by atoms with Crippen LogP contribution >= 0.6 is 0 Å². The summed E-state index contributed by atoms with van der Waals surface area (Å²) < 4.78 is 5.67. The van der Waals surface area contributed by atoms with E-state index >= 15 is 0 Å². The summed E-state index contributed by atoms with van der Waals surface area (Å²) in [6.07, 6.45) is 2.50. The number of carbonyl (C=O) groups excluding carboxylic acids is 2. The number of ketones is 2. The van der Waals surface area contributed by atoms with Gasteiger partial charge in [0.25, 0.3) is 0 Å². The van der Waals surface area contributed by atoms with Crippen LogP contribution in [-0.4, -0.2) is 38.0 Å². The molecule has 0 spiro atoms. The number of aromatic carboxylic acids is 1. The topological polar surface area (TPSA) is 141 Å². The molecule has 196 valence electrons. The number of phenolic OH excluding ortho intramolecular Hbond substituents is 3. The van der Waals surface area contributed by atoms with E-state index in [0.29, 0.717) is 11.1 Å². The molecule has 8 heteroatoms. The van der Waals surface area contributed by atoms with E-state index in [1.807, 2.05) is 6.07 Å². The fourth-order valence-electron chi connectivity index (χ4n) is 4.00. The van der Waals surface area contributed by atoms with Crippen LogP contribution in [-0.2, 0) is 0 Å². The minimum absolute atomic E-state index is 0.0934. The van der Waals surface area contributed by atoms with Crippen molar-refractivity contribution in [1.82, 2.24) is 0 Å². The fraction of sp³-hybridized carbons (Fsp3) is 0.0645. The van der Waals surface area contributed by atoms with Gasteiger partial charge >= 0.3 is 5.97 Å². The lowest BCUT2D eigenvalue weighted by Gasteiger charge is -2.26. The van der Waals surface area contributed by atoms with E-state index in [0.717, 1.165) is 11.6 Å². The molecule has 0 radical (unpaired) electrons. The molecule has 0 fully saturated rings. The van der Waals surface area contributed by atoms with Crippen molar-refractivity contribution in [1.29, 1.82) is 0 Å². The highest BCUT2D eigenvalue weighted by molar-refractivity contribution is 6.07. The molecule has 39 heavy (non-hydrogen) atoms. The summed E-state index contributed by atoms with van der Waals surface area (Å²) in [5.41, 5.74) is 2.10. The van der Waals surface area contributed by atoms with Crippen LogP contribution in [0.2, 0.25) is 0 Å². The number of hydrogen-bond donors (Lipinski definition) is 4.